The van der Waals surface area contributed by atoms with Crippen LogP contribution in [0.3, 0.4) is 0 Å². The van der Waals surface area contributed by atoms with Gasteiger partial charge in [-0.1, -0.05) is 6.92 Å². The molecule has 1 N–H and O–H groups in total. The standard InChI is InChI=1S/C16H28N4O2S2.HI/c1-6-13-12(2)23-14(19-13)7-8-18-15(17-5)20-9-10-24(21,22)16(3,4)11-20;/h6-11H2,1-5H3,(H,17,18);1H. The van der Waals surface area contributed by atoms with E-state index in [4.69, 9.17) is 0 Å². The molecular weight excluding hydrogens is 471 g/mol. The third-order valence-electron chi connectivity index (χ3n) is 4.45. The number of aryl methyl sites for hydroxylation is 2. The minimum absolute atomic E-state index is 0. The minimum atomic E-state index is -3.04. The Hall–Kier alpha value is -0.420. The number of thiazole rings is 1. The highest BCUT2D eigenvalue weighted by Gasteiger charge is 2.40. The van der Waals surface area contributed by atoms with E-state index in [9.17, 15) is 8.42 Å². The van der Waals surface area contributed by atoms with Crippen molar-refractivity contribution in [1.29, 1.82) is 0 Å². The zero-order valence-electron chi connectivity index (χ0n) is 15.6. The van der Waals surface area contributed by atoms with Gasteiger partial charge >= 0.3 is 0 Å². The molecule has 1 aromatic rings. The lowest BCUT2D eigenvalue weighted by Crippen LogP contribution is -2.57. The topological polar surface area (TPSA) is 74.7 Å². The molecule has 0 aliphatic carbocycles. The zero-order chi connectivity index (χ0) is 18.0. The van der Waals surface area contributed by atoms with Gasteiger partial charge in [-0.15, -0.1) is 35.3 Å². The molecular formula is C16H29IN4O2S2. The highest BCUT2D eigenvalue weighted by Crippen LogP contribution is 2.23. The molecule has 0 spiro atoms. The van der Waals surface area contributed by atoms with Gasteiger partial charge in [0.05, 0.1) is 21.2 Å². The second-order valence-electron chi connectivity index (χ2n) is 6.69. The van der Waals surface area contributed by atoms with Crippen LogP contribution in [0.1, 0.15) is 36.3 Å². The maximum absolute atomic E-state index is 12.1. The summed E-state index contributed by atoms with van der Waals surface area (Å²) in [5.74, 6) is 0.939. The molecule has 1 aromatic heterocycles. The van der Waals surface area contributed by atoms with Gasteiger partial charge < -0.3 is 10.2 Å². The summed E-state index contributed by atoms with van der Waals surface area (Å²) >= 11 is 1.75. The van der Waals surface area contributed by atoms with Crippen molar-refractivity contribution in [2.24, 2.45) is 4.99 Å². The van der Waals surface area contributed by atoms with Crippen LogP contribution in [-0.4, -0.2) is 61.4 Å². The normalized spacial score (nSPS) is 19.4. The molecule has 6 nitrogen and oxygen atoms in total. The lowest BCUT2D eigenvalue weighted by Gasteiger charge is -2.39. The molecule has 0 radical (unpaired) electrons. The minimum Gasteiger partial charge on any atom is -0.356 e. The van der Waals surface area contributed by atoms with E-state index in [-0.39, 0.29) is 29.7 Å². The van der Waals surface area contributed by atoms with Crippen molar-refractivity contribution < 1.29 is 8.42 Å². The van der Waals surface area contributed by atoms with Crippen LogP contribution < -0.4 is 5.32 Å². The van der Waals surface area contributed by atoms with E-state index in [1.54, 1.807) is 32.2 Å². The van der Waals surface area contributed by atoms with Crippen LogP contribution in [0, 0.1) is 6.92 Å². The fourth-order valence-electron chi connectivity index (χ4n) is 2.86. The summed E-state index contributed by atoms with van der Waals surface area (Å²) in [5.41, 5.74) is 1.18. The lowest BCUT2D eigenvalue weighted by molar-refractivity contribution is 0.353. The Bertz CT molecular complexity index is 714. The summed E-state index contributed by atoms with van der Waals surface area (Å²) in [4.78, 5) is 12.3. The SMILES string of the molecule is CCc1nc(CCNC(=NC)N2CCS(=O)(=O)C(C)(C)C2)sc1C.I. The number of guanidine groups is 1. The van der Waals surface area contributed by atoms with E-state index >= 15 is 0 Å². The summed E-state index contributed by atoms with van der Waals surface area (Å²) in [6, 6.07) is 0. The number of hydrogen-bond donors (Lipinski definition) is 1. The smallest absolute Gasteiger partial charge is 0.193 e. The predicted molar refractivity (Wildman–Crippen MR) is 116 cm³/mol. The van der Waals surface area contributed by atoms with Crippen LogP contribution in [-0.2, 0) is 22.7 Å². The van der Waals surface area contributed by atoms with Gasteiger partial charge in [0.1, 0.15) is 0 Å². The van der Waals surface area contributed by atoms with Gasteiger partial charge in [0.25, 0.3) is 0 Å². The van der Waals surface area contributed by atoms with Gasteiger partial charge in [-0.05, 0) is 27.2 Å². The summed E-state index contributed by atoms with van der Waals surface area (Å²) in [6.45, 7) is 9.50. The first-order chi connectivity index (χ1) is 11.2. The predicted octanol–water partition coefficient (Wildman–Crippen LogP) is 2.26. The number of nitrogens with one attached hydrogen (secondary N) is 1. The molecule has 1 aliphatic rings. The number of sulfone groups is 1. The van der Waals surface area contributed by atoms with Crippen LogP contribution in [0.4, 0.5) is 0 Å². The Labute approximate surface area is 172 Å². The summed E-state index contributed by atoms with van der Waals surface area (Å²) in [5, 5.41) is 4.48. The van der Waals surface area contributed by atoms with Crippen molar-refractivity contribution in [2.45, 2.75) is 45.3 Å². The highest BCUT2D eigenvalue weighted by atomic mass is 127. The summed E-state index contributed by atoms with van der Waals surface area (Å²) < 4.78 is 23.5. The molecule has 25 heavy (non-hydrogen) atoms. The van der Waals surface area contributed by atoms with E-state index in [0.29, 0.717) is 13.1 Å². The van der Waals surface area contributed by atoms with E-state index in [1.165, 1.54) is 10.6 Å². The van der Waals surface area contributed by atoms with Gasteiger partial charge in [0, 0.05) is 38.0 Å². The second-order valence-corrected chi connectivity index (χ2v) is 10.7. The largest absolute Gasteiger partial charge is 0.356 e. The third kappa shape index (κ3) is 5.29. The van der Waals surface area contributed by atoms with Crippen molar-refractivity contribution in [2.75, 3.05) is 32.4 Å². The molecule has 0 amide bonds. The van der Waals surface area contributed by atoms with E-state index in [1.807, 2.05) is 4.90 Å². The fraction of sp³-hybridized carbons (Fsp3) is 0.750. The zero-order valence-corrected chi connectivity index (χ0v) is 19.6. The van der Waals surface area contributed by atoms with E-state index < -0.39 is 14.6 Å². The van der Waals surface area contributed by atoms with Crippen LogP contribution in [0.25, 0.3) is 0 Å². The molecule has 0 aromatic carbocycles. The Morgan fingerprint density at radius 2 is 2.12 bits per heavy atom. The molecule has 0 atom stereocenters. The second kappa shape index (κ2) is 8.98. The van der Waals surface area contributed by atoms with Gasteiger partial charge in [-0.25, -0.2) is 13.4 Å². The van der Waals surface area contributed by atoms with Gasteiger partial charge in [-0.2, -0.15) is 0 Å². The molecule has 1 aliphatic heterocycles. The van der Waals surface area contributed by atoms with Gasteiger partial charge in [-0.3, -0.25) is 4.99 Å². The van der Waals surface area contributed by atoms with Crippen molar-refractivity contribution >= 4 is 51.1 Å². The molecule has 0 saturated carbocycles. The third-order valence-corrected chi connectivity index (χ3v) is 8.05. The number of rotatable bonds is 4. The van der Waals surface area contributed by atoms with Crippen LogP contribution in [0.2, 0.25) is 0 Å². The summed E-state index contributed by atoms with van der Waals surface area (Å²) in [7, 11) is -1.30. The van der Waals surface area contributed by atoms with Crippen molar-refractivity contribution in [3.63, 3.8) is 0 Å². The first-order valence-corrected chi connectivity index (χ1v) is 10.8. The molecule has 1 fully saturated rings. The van der Waals surface area contributed by atoms with Crippen LogP contribution in [0.15, 0.2) is 4.99 Å². The van der Waals surface area contributed by atoms with Crippen molar-refractivity contribution in [3.05, 3.63) is 15.6 Å². The molecule has 144 valence electrons. The molecule has 9 heteroatoms. The highest BCUT2D eigenvalue weighted by molar-refractivity contribution is 14.0. The quantitative estimate of drug-likeness (QED) is 0.390. The maximum atomic E-state index is 12.1. The van der Waals surface area contributed by atoms with Gasteiger partial charge in [0.2, 0.25) is 0 Å². The van der Waals surface area contributed by atoms with E-state index in [0.717, 1.165) is 30.4 Å². The first-order valence-electron chi connectivity index (χ1n) is 8.33. The van der Waals surface area contributed by atoms with E-state index in [2.05, 4.69) is 29.1 Å². The Morgan fingerprint density at radius 1 is 1.44 bits per heavy atom. The number of aromatic nitrogens is 1. The number of aliphatic imine (C=N–C) groups is 1. The number of nitrogens with zero attached hydrogens (tertiary/aromatic N) is 3. The monoisotopic (exact) mass is 500 g/mol. The number of hydrogen-bond acceptors (Lipinski definition) is 5. The average molecular weight is 500 g/mol. The fourth-order valence-corrected chi connectivity index (χ4v) is 5.25. The Morgan fingerprint density at radius 3 is 2.64 bits per heavy atom. The Kier molecular flexibility index (Phi) is 8.13. The lowest BCUT2D eigenvalue weighted by atomic mass is 10.2. The van der Waals surface area contributed by atoms with Gasteiger partial charge in [0.15, 0.2) is 15.8 Å². The van der Waals surface area contributed by atoms with Crippen molar-refractivity contribution in [3.8, 4) is 0 Å². The van der Waals surface area contributed by atoms with Crippen LogP contribution >= 0.6 is 35.3 Å². The van der Waals surface area contributed by atoms with Crippen LogP contribution in [0.5, 0.6) is 0 Å². The average Bonchev–Trinajstić information content (AvgIpc) is 2.87. The first kappa shape index (κ1) is 22.6. The molecule has 0 bridgehead atoms. The number of halogens is 1. The molecule has 2 heterocycles. The molecule has 0 unspecified atom stereocenters. The Balaban J connectivity index is 0.00000312. The summed E-state index contributed by atoms with van der Waals surface area (Å²) in [6.07, 6.45) is 1.81. The van der Waals surface area contributed by atoms with Crippen molar-refractivity contribution in [1.82, 2.24) is 15.2 Å². The maximum Gasteiger partial charge on any atom is 0.193 e. The molecule has 2 rings (SSSR count). The molecule has 1 saturated heterocycles.